The average Bonchev–Trinajstić information content (AvgIpc) is 2.14. The molecule has 0 spiro atoms. The second kappa shape index (κ2) is 3.96. The molecule has 74 valence electrons. The minimum absolute atomic E-state index is 0.134. The summed E-state index contributed by atoms with van der Waals surface area (Å²) in [6.07, 6.45) is -1.97. The van der Waals surface area contributed by atoms with Gasteiger partial charge in [-0.05, 0) is 12.1 Å². The number of hydrogen-bond acceptors (Lipinski definition) is 3. The third kappa shape index (κ3) is 2.62. The molecule has 0 fully saturated rings. The molecule has 0 atom stereocenters. The summed E-state index contributed by atoms with van der Waals surface area (Å²) < 4.78 is 36.2. The number of alkyl halides is 3. The van der Waals surface area contributed by atoms with E-state index in [9.17, 15) is 13.2 Å². The van der Waals surface area contributed by atoms with Gasteiger partial charge in [0.05, 0.1) is 17.8 Å². The Morgan fingerprint density at radius 3 is 2.57 bits per heavy atom. The van der Waals surface area contributed by atoms with Crippen LogP contribution in [0.3, 0.4) is 0 Å². The quantitative estimate of drug-likeness (QED) is 0.584. The number of nitriles is 1. The highest BCUT2D eigenvalue weighted by molar-refractivity contribution is 5.16. The Morgan fingerprint density at radius 2 is 2.14 bits per heavy atom. The van der Waals surface area contributed by atoms with E-state index in [0.29, 0.717) is 5.69 Å². The first-order valence-electron chi connectivity index (χ1n) is 3.68. The Kier molecular flexibility index (Phi) is 2.92. The average molecular weight is 201 g/mol. The minimum atomic E-state index is -4.37. The summed E-state index contributed by atoms with van der Waals surface area (Å²) in [5.74, 6) is 0. The molecule has 0 aliphatic carbocycles. The third-order valence-electron chi connectivity index (χ3n) is 1.50. The zero-order chi connectivity index (χ0) is 10.6. The molecule has 14 heavy (non-hydrogen) atoms. The van der Waals surface area contributed by atoms with Crippen LogP contribution in [0, 0.1) is 11.5 Å². The van der Waals surface area contributed by atoms with E-state index in [1.807, 2.05) is 0 Å². The molecule has 0 aliphatic rings. The number of nitrogens with one attached hydrogen (secondary N) is 1. The van der Waals surface area contributed by atoms with Crippen molar-refractivity contribution in [1.82, 2.24) is 10.3 Å². The van der Waals surface area contributed by atoms with Crippen molar-refractivity contribution in [3.8, 4) is 6.19 Å². The van der Waals surface area contributed by atoms with E-state index in [1.165, 1.54) is 6.07 Å². The van der Waals surface area contributed by atoms with E-state index < -0.39 is 11.7 Å². The number of halogens is 3. The maximum absolute atomic E-state index is 12.1. The Labute approximate surface area is 78.2 Å². The van der Waals surface area contributed by atoms with E-state index in [2.05, 4.69) is 10.3 Å². The normalized spacial score (nSPS) is 10.7. The molecule has 6 heteroatoms. The van der Waals surface area contributed by atoms with Gasteiger partial charge in [-0.2, -0.15) is 18.4 Å². The molecule has 1 rings (SSSR count). The van der Waals surface area contributed by atoms with E-state index in [1.54, 1.807) is 6.19 Å². The standard InChI is InChI=1S/C8H6F3N3/c9-8(10,11)6-1-2-7(14-3-6)4-13-5-12/h1-3,13H,4H2. The number of pyridine rings is 1. The molecule has 3 nitrogen and oxygen atoms in total. The highest BCUT2D eigenvalue weighted by atomic mass is 19.4. The van der Waals surface area contributed by atoms with Crippen molar-refractivity contribution >= 4 is 0 Å². The SMILES string of the molecule is N#CNCc1ccc(C(F)(F)F)cn1. The maximum Gasteiger partial charge on any atom is 0.417 e. The van der Waals surface area contributed by atoms with Crippen LogP contribution in [0.2, 0.25) is 0 Å². The van der Waals surface area contributed by atoms with Gasteiger partial charge < -0.3 is 5.32 Å². The van der Waals surface area contributed by atoms with Gasteiger partial charge in [0, 0.05) is 6.20 Å². The number of aromatic nitrogens is 1. The van der Waals surface area contributed by atoms with Crippen molar-refractivity contribution in [2.45, 2.75) is 12.7 Å². The van der Waals surface area contributed by atoms with Crippen LogP contribution in [0.4, 0.5) is 13.2 Å². The van der Waals surface area contributed by atoms with Crippen molar-refractivity contribution in [3.05, 3.63) is 29.6 Å². The monoisotopic (exact) mass is 201 g/mol. The fraction of sp³-hybridized carbons (Fsp3) is 0.250. The van der Waals surface area contributed by atoms with Crippen molar-refractivity contribution in [2.24, 2.45) is 0 Å². The topological polar surface area (TPSA) is 48.7 Å². The Bertz CT molecular complexity index is 336. The van der Waals surface area contributed by atoms with Crippen LogP contribution in [-0.4, -0.2) is 4.98 Å². The highest BCUT2D eigenvalue weighted by Gasteiger charge is 2.30. The predicted molar refractivity (Wildman–Crippen MR) is 41.7 cm³/mol. The second-order valence-corrected chi connectivity index (χ2v) is 2.50. The summed E-state index contributed by atoms with van der Waals surface area (Å²) >= 11 is 0. The van der Waals surface area contributed by atoms with Gasteiger partial charge in [0.2, 0.25) is 0 Å². The van der Waals surface area contributed by atoms with Crippen molar-refractivity contribution in [3.63, 3.8) is 0 Å². The third-order valence-corrected chi connectivity index (χ3v) is 1.50. The molecule has 1 N–H and O–H groups in total. The molecule has 0 unspecified atom stereocenters. The lowest BCUT2D eigenvalue weighted by Crippen LogP contribution is -2.09. The second-order valence-electron chi connectivity index (χ2n) is 2.50. The Morgan fingerprint density at radius 1 is 1.43 bits per heavy atom. The summed E-state index contributed by atoms with van der Waals surface area (Å²) in [6, 6.07) is 2.16. The molecule has 1 aromatic heterocycles. The van der Waals surface area contributed by atoms with Gasteiger partial charge in [-0.3, -0.25) is 4.98 Å². The number of nitrogens with zero attached hydrogens (tertiary/aromatic N) is 2. The number of hydrogen-bond donors (Lipinski definition) is 1. The lowest BCUT2D eigenvalue weighted by molar-refractivity contribution is -0.137. The molecule has 0 bridgehead atoms. The van der Waals surface area contributed by atoms with Crippen LogP contribution in [0.1, 0.15) is 11.3 Å². The molecular formula is C8H6F3N3. The van der Waals surface area contributed by atoms with Crippen LogP contribution in [0.25, 0.3) is 0 Å². The van der Waals surface area contributed by atoms with Gasteiger partial charge in [-0.1, -0.05) is 0 Å². The molecule has 0 aliphatic heterocycles. The van der Waals surface area contributed by atoms with Gasteiger partial charge in [-0.25, -0.2) is 0 Å². The summed E-state index contributed by atoms with van der Waals surface area (Å²) in [6.45, 7) is 0.134. The van der Waals surface area contributed by atoms with Crippen molar-refractivity contribution in [1.29, 1.82) is 5.26 Å². The van der Waals surface area contributed by atoms with Crippen molar-refractivity contribution < 1.29 is 13.2 Å². The summed E-state index contributed by atoms with van der Waals surface area (Å²) in [4.78, 5) is 3.55. The lowest BCUT2D eigenvalue weighted by atomic mass is 10.2. The maximum atomic E-state index is 12.1. The van der Waals surface area contributed by atoms with Crippen LogP contribution in [-0.2, 0) is 12.7 Å². The Hall–Kier alpha value is -1.77. The minimum Gasteiger partial charge on any atom is -0.318 e. The molecule has 0 saturated heterocycles. The predicted octanol–water partition coefficient (Wildman–Crippen LogP) is 1.67. The van der Waals surface area contributed by atoms with E-state index in [0.717, 1.165) is 12.3 Å². The first kappa shape index (κ1) is 10.3. The highest BCUT2D eigenvalue weighted by Crippen LogP contribution is 2.28. The smallest absolute Gasteiger partial charge is 0.318 e. The van der Waals surface area contributed by atoms with Crippen LogP contribution in [0.15, 0.2) is 18.3 Å². The first-order chi connectivity index (χ1) is 6.54. The van der Waals surface area contributed by atoms with Gasteiger partial charge in [0.25, 0.3) is 0 Å². The van der Waals surface area contributed by atoms with Crippen LogP contribution < -0.4 is 5.32 Å². The van der Waals surface area contributed by atoms with E-state index >= 15 is 0 Å². The zero-order valence-electron chi connectivity index (χ0n) is 6.97. The fourth-order valence-electron chi connectivity index (χ4n) is 0.827. The molecule has 0 amide bonds. The first-order valence-corrected chi connectivity index (χ1v) is 3.68. The summed E-state index contributed by atoms with van der Waals surface area (Å²) in [7, 11) is 0. The largest absolute Gasteiger partial charge is 0.417 e. The van der Waals surface area contributed by atoms with Crippen LogP contribution >= 0.6 is 0 Å². The van der Waals surface area contributed by atoms with E-state index in [4.69, 9.17) is 5.26 Å². The molecular weight excluding hydrogens is 195 g/mol. The van der Waals surface area contributed by atoms with Crippen LogP contribution in [0.5, 0.6) is 0 Å². The van der Waals surface area contributed by atoms with Crippen molar-refractivity contribution in [2.75, 3.05) is 0 Å². The fourth-order valence-corrected chi connectivity index (χ4v) is 0.827. The Balaban J connectivity index is 2.75. The molecule has 1 heterocycles. The summed E-state index contributed by atoms with van der Waals surface area (Å²) in [5.41, 5.74) is -0.405. The van der Waals surface area contributed by atoms with Gasteiger partial charge in [0.15, 0.2) is 6.19 Å². The molecule has 0 saturated carbocycles. The summed E-state index contributed by atoms with van der Waals surface area (Å²) in [5, 5.41) is 10.4. The number of rotatable bonds is 2. The molecule has 0 aromatic carbocycles. The zero-order valence-corrected chi connectivity index (χ0v) is 6.97. The van der Waals surface area contributed by atoms with Gasteiger partial charge in [0.1, 0.15) is 0 Å². The van der Waals surface area contributed by atoms with Gasteiger partial charge >= 0.3 is 6.18 Å². The van der Waals surface area contributed by atoms with Gasteiger partial charge in [-0.15, -0.1) is 0 Å². The molecule has 1 aromatic rings. The van der Waals surface area contributed by atoms with E-state index in [-0.39, 0.29) is 6.54 Å². The lowest BCUT2D eigenvalue weighted by Gasteiger charge is -2.05. The molecule has 0 radical (unpaired) electrons.